The number of phosphoric acid groups is 1. The van der Waals surface area contributed by atoms with Gasteiger partial charge >= 0.3 is 7.82 Å². The third-order valence-electron chi connectivity index (χ3n) is 3.14. The molecule has 4 nitrogen and oxygen atoms in total. The number of phosphoric ester groups is 1. The molecule has 0 aromatic heterocycles. The van der Waals surface area contributed by atoms with Gasteiger partial charge in [-0.15, -0.1) is 0 Å². The van der Waals surface area contributed by atoms with Crippen LogP contribution in [0.5, 0.6) is 17.2 Å². The topological polar surface area (TPSA) is 44.8 Å². The molecule has 0 aliphatic rings. The van der Waals surface area contributed by atoms with E-state index in [4.69, 9.17) is 13.6 Å². The number of para-hydroxylation sites is 3. The van der Waals surface area contributed by atoms with Crippen LogP contribution < -0.4 is 13.6 Å². The normalized spacial score (nSPS) is 11.0. The zero-order valence-electron chi connectivity index (χ0n) is 13.1. The maximum atomic E-state index is 13.9. The average Bonchev–Trinajstić information content (AvgIpc) is 2.61. The summed E-state index contributed by atoms with van der Waals surface area (Å²) in [4.78, 5) is 0. The van der Waals surface area contributed by atoms with Crippen LogP contribution in [0.4, 0.5) is 13.2 Å². The predicted octanol–water partition coefficient (Wildman–Crippen LogP) is 5.75. The Morgan fingerprint density at radius 2 is 0.808 bits per heavy atom. The number of rotatable bonds is 6. The van der Waals surface area contributed by atoms with E-state index in [1.807, 2.05) is 0 Å². The van der Waals surface area contributed by atoms with Crippen LogP contribution in [0.3, 0.4) is 0 Å². The van der Waals surface area contributed by atoms with E-state index in [0.717, 1.165) is 18.2 Å². The number of benzene rings is 3. The van der Waals surface area contributed by atoms with Crippen LogP contribution in [-0.2, 0) is 4.57 Å². The van der Waals surface area contributed by atoms with Gasteiger partial charge in [-0.1, -0.05) is 36.4 Å². The molecule has 0 spiro atoms. The molecule has 0 saturated heterocycles. The standard InChI is InChI=1S/C18H12F3O4P/c19-13-7-1-4-10-16(13)23-26(22,24-17-11-5-2-8-14(17)20)25-18-12-6-3-9-15(18)21/h1-12H. The zero-order chi connectivity index (χ0) is 18.6. The van der Waals surface area contributed by atoms with Crippen LogP contribution in [-0.4, -0.2) is 0 Å². The summed E-state index contributed by atoms with van der Waals surface area (Å²) in [5.74, 6) is -3.90. The Labute approximate surface area is 147 Å². The fourth-order valence-electron chi connectivity index (χ4n) is 1.97. The van der Waals surface area contributed by atoms with Crippen molar-refractivity contribution in [3.8, 4) is 17.2 Å². The van der Waals surface area contributed by atoms with Gasteiger partial charge < -0.3 is 13.6 Å². The van der Waals surface area contributed by atoms with Gasteiger partial charge in [0.1, 0.15) is 0 Å². The Morgan fingerprint density at radius 1 is 0.538 bits per heavy atom. The van der Waals surface area contributed by atoms with E-state index in [9.17, 15) is 17.7 Å². The van der Waals surface area contributed by atoms with Crippen LogP contribution in [0, 0.1) is 17.5 Å². The highest BCUT2D eigenvalue weighted by Gasteiger charge is 2.36. The molecular weight excluding hydrogens is 368 g/mol. The van der Waals surface area contributed by atoms with E-state index >= 15 is 0 Å². The monoisotopic (exact) mass is 380 g/mol. The highest BCUT2D eigenvalue weighted by atomic mass is 31.2. The Hall–Kier alpha value is -2.92. The predicted molar refractivity (Wildman–Crippen MR) is 88.7 cm³/mol. The third kappa shape index (κ3) is 4.18. The van der Waals surface area contributed by atoms with Gasteiger partial charge in [0.15, 0.2) is 34.7 Å². The molecule has 0 saturated carbocycles. The van der Waals surface area contributed by atoms with Crippen LogP contribution in [0.2, 0.25) is 0 Å². The van der Waals surface area contributed by atoms with Crippen molar-refractivity contribution in [2.24, 2.45) is 0 Å². The summed E-state index contributed by atoms with van der Waals surface area (Å²) in [5, 5.41) is 0. The van der Waals surface area contributed by atoms with E-state index < -0.39 is 42.5 Å². The lowest BCUT2D eigenvalue weighted by atomic mass is 10.3. The van der Waals surface area contributed by atoms with Gasteiger partial charge in [0.2, 0.25) is 0 Å². The summed E-state index contributed by atoms with van der Waals surface area (Å²) >= 11 is 0. The highest BCUT2D eigenvalue weighted by molar-refractivity contribution is 7.49. The van der Waals surface area contributed by atoms with Crippen LogP contribution in [0.25, 0.3) is 0 Å². The first-order valence-electron chi connectivity index (χ1n) is 7.39. The summed E-state index contributed by atoms with van der Waals surface area (Å²) in [6.07, 6.45) is 0. The molecule has 134 valence electrons. The summed E-state index contributed by atoms with van der Waals surface area (Å²) in [7, 11) is -4.69. The molecule has 0 heterocycles. The minimum Gasteiger partial charge on any atom is -0.383 e. The summed E-state index contributed by atoms with van der Waals surface area (Å²) in [6, 6.07) is 15.2. The van der Waals surface area contributed by atoms with Crippen molar-refractivity contribution in [3.63, 3.8) is 0 Å². The number of halogens is 3. The van der Waals surface area contributed by atoms with Gasteiger partial charge in [0, 0.05) is 0 Å². The molecule has 0 atom stereocenters. The van der Waals surface area contributed by atoms with Crippen molar-refractivity contribution in [1.29, 1.82) is 0 Å². The van der Waals surface area contributed by atoms with E-state index in [-0.39, 0.29) is 0 Å². The van der Waals surface area contributed by atoms with Gasteiger partial charge in [-0.25, -0.2) is 13.2 Å². The molecule has 0 aliphatic carbocycles. The minimum atomic E-state index is -4.69. The molecule has 0 radical (unpaired) electrons. The minimum absolute atomic E-state index is 0.455. The molecule has 26 heavy (non-hydrogen) atoms. The molecule has 3 rings (SSSR count). The molecule has 0 bridgehead atoms. The van der Waals surface area contributed by atoms with E-state index in [2.05, 4.69) is 0 Å². The lowest BCUT2D eigenvalue weighted by Crippen LogP contribution is -2.09. The first-order chi connectivity index (χ1) is 12.5. The maximum Gasteiger partial charge on any atom is 0.647 e. The molecule has 0 unspecified atom stereocenters. The quantitative estimate of drug-likeness (QED) is 0.511. The Balaban J connectivity index is 1.97. The molecular formula is C18H12F3O4P. The zero-order valence-corrected chi connectivity index (χ0v) is 14.0. The van der Waals surface area contributed by atoms with Gasteiger partial charge in [0.05, 0.1) is 0 Å². The smallest absolute Gasteiger partial charge is 0.383 e. The second-order valence-electron chi connectivity index (χ2n) is 5.01. The Kier molecular flexibility index (Phi) is 5.19. The number of hydrogen-bond acceptors (Lipinski definition) is 4. The SMILES string of the molecule is O=P(Oc1ccccc1F)(Oc1ccccc1F)Oc1ccccc1F. The van der Waals surface area contributed by atoms with Crippen LogP contribution >= 0.6 is 7.82 Å². The fourth-order valence-corrected chi connectivity index (χ4v) is 3.25. The largest absolute Gasteiger partial charge is 0.647 e. The van der Waals surface area contributed by atoms with Crippen molar-refractivity contribution in [2.75, 3.05) is 0 Å². The van der Waals surface area contributed by atoms with Crippen molar-refractivity contribution >= 4 is 7.82 Å². The summed E-state index contributed by atoms with van der Waals surface area (Å²) in [6.45, 7) is 0. The van der Waals surface area contributed by atoms with E-state index in [1.54, 1.807) is 0 Å². The Bertz CT molecular complexity index is 842. The maximum absolute atomic E-state index is 13.9. The van der Waals surface area contributed by atoms with E-state index in [1.165, 1.54) is 54.6 Å². The lowest BCUT2D eigenvalue weighted by molar-refractivity contribution is 0.283. The first-order valence-corrected chi connectivity index (χ1v) is 8.85. The van der Waals surface area contributed by atoms with Crippen LogP contribution in [0.1, 0.15) is 0 Å². The molecule has 3 aromatic rings. The fraction of sp³-hybridized carbons (Fsp3) is 0. The van der Waals surface area contributed by atoms with Crippen molar-refractivity contribution in [2.45, 2.75) is 0 Å². The van der Waals surface area contributed by atoms with Crippen molar-refractivity contribution in [3.05, 3.63) is 90.2 Å². The highest BCUT2D eigenvalue weighted by Crippen LogP contribution is 2.50. The second kappa shape index (κ2) is 7.54. The number of hydrogen-bond donors (Lipinski definition) is 0. The molecule has 0 fully saturated rings. The van der Waals surface area contributed by atoms with Crippen molar-refractivity contribution < 1.29 is 31.3 Å². The third-order valence-corrected chi connectivity index (χ3v) is 4.40. The van der Waals surface area contributed by atoms with E-state index in [0.29, 0.717) is 0 Å². The lowest BCUT2D eigenvalue weighted by Gasteiger charge is -2.20. The first kappa shape index (κ1) is 17.9. The second-order valence-corrected chi connectivity index (χ2v) is 6.45. The van der Waals surface area contributed by atoms with Gasteiger partial charge in [-0.3, -0.25) is 0 Å². The average molecular weight is 380 g/mol. The molecule has 0 aliphatic heterocycles. The molecule has 0 N–H and O–H groups in total. The summed E-state index contributed by atoms with van der Waals surface area (Å²) in [5.41, 5.74) is 0. The molecule has 0 amide bonds. The van der Waals surface area contributed by atoms with Gasteiger partial charge in [0.25, 0.3) is 0 Å². The van der Waals surface area contributed by atoms with Crippen LogP contribution in [0.15, 0.2) is 72.8 Å². The molecule has 8 heteroatoms. The van der Waals surface area contributed by atoms with Crippen molar-refractivity contribution in [1.82, 2.24) is 0 Å². The molecule has 3 aromatic carbocycles. The van der Waals surface area contributed by atoms with Gasteiger partial charge in [-0.05, 0) is 36.4 Å². The summed E-state index contributed by atoms with van der Waals surface area (Å²) < 4.78 is 69.7. The van der Waals surface area contributed by atoms with Gasteiger partial charge in [-0.2, -0.15) is 4.57 Å². The Morgan fingerprint density at radius 3 is 1.08 bits per heavy atom.